The lowest BCUT2D eigenvalue weighted by molar-refractivity contribution is 0.312. The smallest absolute Gasteiger partial charge is 0.260 e. The van der Waals surface area contributed by atoms with Crippen molar-refractivity contribution in [2.75, 3.05) is 43.4 Å². The summed E-state index contributed by atoms with van der Waals surface area (Å²) in [6, 6.07) is 16.6. The zero-order chi connectivity index (χ0) is 26.2. The maximum absolute atomic E-state index is 14.0. The summed E-state index contributed by atoms with van der Waals surface area (Å²) >= 11 is 0. The Kier molecular flexibility index (Phi) is 6.62. The van der Waals surface area contributed by atoms with Crippen molar-refractivity contribution in [2.24, 2.45) is 0 Å². The zero-order valence-electron chi connectivity index (χ0n) is 22.6. The van der Waals surface area contributed by atoms with Gasteiger partial charge in [0.05, 0.1) is 5.56 Å². The van der Waals surface area contributed by atoms with E-state index in [1.54, 1.807) is 0 Å². The molecule has 196 valence electrons. The number of pyridine rings is 1. The summed E-state index contributed by atoms with van der Waals surface area (Å²) in [4.78, 5) is 28.5. The Bertz CT molecular complexity index is 1520. The van der Waals surface area contributed by atoms with Gasteiger partial charge in [-0.15, -0.1) is 0 Å². The highest BCUT2D eigenvalue weighted by molar-refractivity contribution is 5.87. The van der Waals surface area contributed by atoms with E-state index in [-0.39, 0.29) is 11.6 Å². The normalized spacial score (nSPS) is 16.9. The molecule has 6 rings (SSSR count). The topological polar surface area (TPSA) is 66.3 Å². The van der Waals surface area contributed by atoms with Gasteiger partial charge in [-0.05, 0) is 68.6 Å². The number of nitrogens with zero attached hydrogens (tertiary/aromatic N) is 5. The molecule has 38 heavy (non-hydrogen) atoms. The average Bonchev–Trinajstić information content (AvgIpc) is 3.45. The number of likely N-dealkylation sites (N-methyl/N-ethyl adjacent to an activating group) is 1. The minimum absolute atomic E-state index is 0.0464. The van der Waals surface area contributed by atoms with Crippen LogP contribution >= 0.6 is 0 Å². The summed E-state index contributed by atoms with van der Waals surface area (Å²) in [6.07, 6.45) is 6.17. The van der Waals surface area contributed by atoms with E-state index in [0.29, 0.717) is 5.95 Å². The molecular weight excluding hydrogens is 472 g/mol. The van der Waals surface area contributed by atoms with Gasteiger partial charge >= 0.3 is 0 Å². The van der Waals surface area contributed by atoms with Crippen molar-refractivity contribution in [1.29, 1.82) is 0 Å². The predicted molar refractivity (Wildman–Crippen MR) is 156 cm³/mol. The third kappa shape index (κ3) is 4.56. The first-order valence-electron chi connectivity index (χ1n) is 13.8. The molecule has 0 spiro atoms. The molecule has 0 unspecified atom stereocenters. The van der Waals surface area contributed by atoms with Crippen LogP contribution in [0.15, 0.2) is 59.5 Å². The Morgan fingerprint density at radius 2 is 1.68 bits per heavy atom. The lowest BCUT2D eigenvalue weighted by atomic mass is 9.99. The minimum Gasteiger partial charge on any atom is -0.369 e. The van der Waals surface area contributed by atoms with Crippen LogP contribution in [0.2, 0.25) is 0 Å². The summed E-state index contributed by atoms with van der Waals surface area (Å²) in [5.41, 5.74) is 6.86. The average molecular weight is 509 g/mol. The molecule has 0 amide bonds. The number of nitrogens with one attached hydrogen (secondary N) is 1. The summed E-state index contributed by atoms with van der Waals surface area (Å²) < 4.78 is 1.95. The monoisotopic (exact) mass is 508 g/mol. The molecule has 1 saturated carbocycles. The summed E-state index contributed by atoms with van der Waals surface area (Å²) in [5.74, 6) is 0.516. The van der Waals surface area contributed by atoms with Crippen LogP contribution < -0.4 is 15.8 Å². The third-order valence-corrected chi connectivity index (χ3v) is 8.26. The van der Waals surface area contributed by atoms with Crippen LogP contribution in [-0.2, 0) is 0 Å². The zero-order valence-corrected chi connectivity index (χ0v) is 22.6. The Morgan fingerprint density at radius 1 is 0.947 bits per heavy atom. The van der Waals surface area contributed by atoms with E-state index in [1.165, 1.54) is 11.3 Å². The van der Waals surface area contributed by atoms with Crippen LogP contribution in [0.4, 0.5) is 17.3 Å². The van der Waals surface area contributed by atoms with Gasteiger partial charge in [0, 0.05) is 55.2 Å². The Labute approximate surface area is 224 Å². The van der Waals surface area contributed by atoms with Crippen molar-refractivity contribution < 1.29 is 0 Å². The molecule has 2 fully saturated rings. The van der Waals surface area contributed by atoms with Crippen molar-refractivity contribution in [3.05, 3.63) is 76.2 Å². The van der Waals surface area contributed by atoms with Gasteiger partial charge in [-0.2, -0.15) is 4.98 Å². The minimum atomic E-state index is 0.0464. The number of piperazine rings is 1. The fraction of sp³-hybridized carbons (Fsp3) is 0.387. The molecular formula is C31H36N6O. The van der Waals surface area contributed by atoms with Crippen LogP contribution in [0, 0.1) is 13.8 Å². The molecule has 7 heteroatoms. The second-order valence-corrected chi connectivity index (χ2v) is 10.8. The van der Waals surface area contributed by atoms with Crippen molar-refractivity contribution in [2.45, 2.75) is 45.6 Å². The lowest BCUT2D eigenvalue weighted by Crippen LogP contribution is -2.44. The van der Waals surface area contributed by atoms with E-state index < -0.39 is 0 Å². The van der Waals surface area contributed by atoms with Gasteiger partial charge in [-0.25, -0.2) is 4.98 Å². The number of hydrogen-bond acceptors (Lipinski definition) is 6. The quantitative estimate of drug-likeness (QED) is 0.374. The fourth-order valence-electron chi connectivity index (χ4n) is 6.10. The SMILES string of the molecule is Cc1cc(Nc2ncc3c(C)c(-c4ccccc4)c(=O)n(C4CCCC4)c3n2)ccc1N1CCN(C)CC1. The maximum atomic E-state index is 14.0. The van der Waals surface area contributed by atoms with Gasteiger partial charge in [-0.1, -0.05) is 43.2 Å². The molecule has 1 saturated heterocycles. The number of hydrogen-bond donors (Lipinski definition) is 1. The highest BCUT2D eigenvalue weighted by Crippen LogP contribution is 2.34. The molecule has 7 nitrogen and oxygen atoms in total. The van der Waals surface area contributed by atoms with Gasteiger partial charge in [0.2, 0.25) is 5.95 Å². The van der Waals surface area contributed by atoms with Gasteiger partial charge in [-0.3, -0.25) is 9.36 Å². The maximum Gasteiger partial charge on any atom is 0.260 e. The second-order valence-electron chi connectivity index (χ2n) is 10.8. The highest BCUT2D eigenvalue weighted by atomic mass is 16.1. The van der Waals surface area contributed by atoms with E-state index in [9.17, 15) is 4.79 Å². The van der Waals surface area contributed by atoms with Gasteiger partial charge in [0.25, 0.3) is 5.56 Å². The first kappa shape index (κ1) is 24.6. The molecule has 0 radical (unpaired) electrons. The number of rotatable bonds is 5. The molecule has 0 bridgehead atoms. The highest BCUT2D eigenvalue weighted by Gasteiger charge is 2.25. The van der Waals surface area contributed by atoms with Crippen molar-refractivity contribution in [3.8, 4) is 11.1 Å². The number of fused-ring (bicyclic) bond motifs is 1. The Hall–Kier alpha value is -3.71. The van der Waals surface area contributed by atoms with Crippen LogP contribution in [0.25, 0.3) is 22.2 Å². The summed E-state index contributed by atoms with van der Waals surface area (Å²) in [5, 5.41) is 4.35. The van der Waals surface area contributed by atoms with Crippen LogP contribution in [-0.4, -0.2) is 52.7 Å². The number of anilines is 3. The van der Waals surface area contributed by atoms with Crippen molar-refractivity contribution in [3.63, 3.8) is 0 Å². The van der Waals surface area contributed by atoms with E-state index >= 15 is 0 Å². The first-order chi connectivity index (χ1) is 18.5. The molecule has 1 aliphatic heterocycles. The third-order valence-electron chi connectivity index (χ3n) is 8.26. The van der Waals surface area contributed by atoms with Gasteiger partial charge in [0.15, 0.2) is 0 Å². The van der Waals surface area contributed by atoms with Crippen LogP contribution in [0.1, 0.15) is 42.9 Å². The lowest BCUT2D eigenvalue weighted by Gasteiger charge is -2.35. The van der Waals surface area contributed by atoms with Crippen molar-refractivity contribution in [1.82, 2.24) is 19.4 Å². The molecule has 2 aromatic carbocycles. The Balaban J connectivity index is 1.38. The molecule has 3 heterocycles. The number of aromatic nitrogens is 3. The molecule has 0 atom stereocenters. The van der Waals surface area contributed by atoms with Gasteiger partial charge in [0.1, 0.15) is 5.65 Å². The summed E-state index contributed by atoms with van der Waals surface area (Å²) in [6.45, 7) is 8.42. The predicted octanol–water partition coefficient (Wildman–Crippen LogP) is 5.69. The molecule has 1 aliphatic carbocycles. The molecule has 1 N–H and O–H groups in total. The van der Waals surface area contributed by atoms with E-state index in [1.807, 2.05) is 48.0 Å². The van der Waals surface area contributed by atoms with Crippen molar-refractivity contribution >= 4 is 28.4 Å². The van der Waals surface area contributed by atoms with Gasteiger partial charge < -0.3 is 15.1 Å². The van der Waals surface area contributed by atoms with E-state index in [0.717, 1.165) is 85.3 Å². The first-order valence-corrected chi connectivity index (χ1v) is 13.8. The molecule has 2 aromatic heterocycles. The van der Waals surface area contributed by atoms with Crippen LogP contribution in [0.3, 0.4) is 0 Å². The van der Waals surface area contributed by atoms with Crippen LogP contribution in [0.5, 0.6) is 0 Å². The summed E-state index contributed by atoms with van der Waals surface area (Å²) in [7, 11) is 2.18. The molecule has 2 aliphatic rings. The standard InChI is InChI=1S/C31H36N6O/c1-21-19-24(13-14-27(21)36-17-15-35(3)16-18-36)33-31-32-20-26-22(2)28(23-9-5-4-6-10-23)30(38)37(29(26)34-31)25-11-7-8-12-25/h4-6,9-10,13-14,19-20,25H,7-8,11-12,15-18H2,1-3H3,(H,32,33,34). The number of aryl methyl sites for hydroxylation is 2. The largest absolute Gasteiger partial charge is 0.369 e. The van der Waals surface area contributed by atoms with E-state index in [2.05, 4.69) is 47.3 Å². The fourth-order valence-corrected chi connectivity index (χ4v) is 6.10. The number of benzene rings is 2. The molecule has 4 aromatic rings. The second kappa shape index (κ2) is 10.2. The van der Waals surface area contributed by atoms with E-state index in [4.69, 9.17) is 9.97 Å². The Morgan fingerprint density at radius 3 is 2.39 bits per heavy atom.